The summed E-state index contributed by atoms with van der Waals surface area (Å²) in [5, 5.41) is 0.712. The Balaban J connectivity index is 2.58. The number of hydrogen-bond donors (Lipinski definition) is 0. The Labute approximate surface area is 93.2 Å². The van der Waals surface area contributed by atoms with Crippen molar-refractivity contribution in [3.63, 3.8) is 0 Å². The highest BCUT2D eigenvalue weighted by Crippen LogP contribution is 2.31. The van der Waals surface area contributed by atoms with E-state index in [2.05, 4.69) is 54.0 Å². The first-order valence-electron chi connectivity index (χ1n) is 4.65. The summed E-state index contributed by atoms with van der Waals surface area (Å²) in [6.07, 6.45) is 2.55. The lowest BCUT2D eigenvalue weighted by Gasteiger charge is -2.10. The van der Waals surface area contributed by atoms with Crippen molar-refractivity contribution in [3.05, 3.63) is 28.7 Å². The highest BCUT2D eigenvalue weighted by Gasteiger charge is 2.05. The van der Waals surface area contributed by atoms with Gasteiger partial charge in [0.25, 0.3) is 0 Å². The zero-order valence-corrected chi connectivity index (χ0v) is 10.5. The van der Waals surface area contributed by atoms with Crippen LogP contribution in [0.5, 0.6) is 0 Å². The van der Waals surface area contributed by atoms with Crippen molar-refractivity contribution in [1.82, 2.24) is 0 Å². The standard InChI is InChI=1S/C11H15BrS/c1-3-6-9(2)13-11-8-5-4-7-10(11)12/h4-5,7-9H,3,6H2,1-2H3. The highest BCUT2D eigenvalue weighted by molar-refractivity contribution is 9.10. The van der Waals surface area contributed by atoms with Crippen molar-refractivity contribution in [2.45, 2.75) is 36.8 Å². The van der Waals surface area contributed by atoms with E-state index >= 15 is 0 Å². The molecular weight excluding hydrogens is 244 g/mol. The Kier molecular flexibility index (Phi) is 4.89. The number of rotatable bonds is 4. The quantitative estimate of drug-likeness (QED) is 0.704. The second-order valence-electron chi connectivity index (χ2n) is 3.15. The van der Waals surface area contributed by atoms with Crippen molar-refractivity contribution < 1.29 is 0 Å². The molecule has 1 rings (SSSR count). The lowest BCUT2D eigenvalue weighted by atomic mass is 10.3. The number of halogens is 1. The molecule has 1 aromatic carbocycles. The van der Waals surface area contributed by atoms with E-state index in [1.807, 2.05) is 11.8 Å². The van der Waals surface area contributed by atoms with Gasteiger partial charge in [-0.3, -0.25) is 0 Å². The van der Waals surface area contributed by atoms with E-state index in [-0.39, 0.29) is 0 Å². The Hall–Kier alpha value is 0.0500. The van der Waals surface area contributed by atoms with Gasteiger partial charge in [0.1, 0.15) is 0 Å². The van der Waals surface area contributed by atoms with E-state index in [0.717, 1.165) is 0 Å². The van der Waals surface area contributed by atoms with E-state index < -0.39 is 0 Å². The van der Waals surface area contributed by atoms with Gasteiger partial charge in [-0.1, -0.05) is 32.4 Å². The summed E-state index contributed by atoms with van der Waals surface area (Å²) in [7, 11) is 0. The Morgan fingerprint density at radius 3 is 2.69 bits per heavy atom. The third kappa shape index (κ3) is 3.74. The summed E-state index contributed by atoms with van der Waals surface area (Å²) in [6.45, 7) is 4.52. The van der Waals surface area contributed by atoms with Crippen LogP contribution in [0.3, 0.4) is 0 Å². The summed E-state index contributed by atoms with van der Waals surface area (Å²) >= 11 is 5.50. The molecule has 0 N–H and O–H groups in total. The van der Waals surface area contributed by atoms with Crippen LogP contribution in [-0.2, 0) is 0 Å². The molecule has 0 aliphatic rings. The largest absolute Gasteiger partial charge is 0.122 e. The molecule has 13 heavy (non-hydrogen) atoms. The highest BCUT2D eigenvalue weighted by atomic mass is 79.9. The first kappa shape index (κ1) is 11.1. The monoisotopic (exact) mass is 258 g/mol. The van der Waals surface area contributed by atoms with Crippen molar-refractivity contribution in [1.29, 1.82) is 0 Å². The summed E-state index contributed by atoms with van der Waals surface area (Å²) in [6, 6.07) is 8.41. The van der Waals surface area contributed by atoms with Gasteiger partial charge in [0.15, 0.2) is 0 Å². The van der Waals surface area contributed by atoms with E-state index in [1.54, 1.807) is 0 Å². The number of thioether (sulfide) groups is 1. The Bertz CT molecular complexity index is 260. The van der Waals surface area contributed by atoms with Crippen LogP contribution in [0.4, 0.5) is 0 Å². The molecule has 0 saturated carbocycles. The van der Waals surface area contributed by atoms with Gasteiger partial charge in [-0.15, -0.1) is 11.8 Å². The van der Waals surface area contributed by atoms with Crippen LogP contribution >= 0.6 is 27.7 Å². The van der Waals surface area contributed by atoms with Crippen molar-refractivity contribution in [2.75, 3.05) is 0 Å². The minimum absolute atomic E-state index is 0.712. The maximum absolute atomic E-state index is 3.56. The van der Waals surface area contributed by atoms with Crippen molar-refractivity contribution in [3.8, 4) is 0 Å². The lowest BCUT2D eigenvalue weighted by Crippen LogP contribution is -1.94. The summed E-state index contributed by atoms with van der Waals surface area (Å²) in [5.74, 6) is 0. The fraction of sp³-hybridized carbons (Fsp3) is 0.455. The molecule has 1 aromatic rings. The first-order chi connectivity index (χ1) is 6.24. The molecule has 1 atom stereocenters. The SMILES string of the molecule is CCCC(C)Sc1ccccc1Br. The fourth-order valence-electron chi connectivity index (χ4n) is 1.22. The van der Waals surface area contributed by atoms with Crippen molar-refractivity contribution in [2.24, 2.45) is 0 Å². The van der Waals surface area contributed by atoms with Crippen molar-refractivity contribution >= 4 is 27.7 Å². The number of hydrogen-bond acceptors (Lipinski definition) is 1. The van der Waals surface area contributed by atoms with Gasteiger partial charge in [0, 0.05) is 14.6 Å². The van der Waals surface area contributed by atoms with Crippen LogP contribution < -0.4 is 0 Å². The van der Waals surface area contributed by atoms with Crippen LogP contribution in [-0.4, -0.2) is 5.25 Å². The molecule has 0 aliphatic carbocycles. The lowest BCUT2D eigenvalue weighted by molar-refractivity contribution is 0.787. The molecule has 0 bridgehead atoms. The van der Waals surface area contributed by atoms with Crippen LogP contribution in [0.1, 0.15) is 26.7 Å². The molecule has 0 spiro atoms. The Morgan fingerprint density at radius 1 is 1.38 bits per heavy atom. The minimum atomic E-state index is 0.712. The van der Waals surface area contributed by atoms with E-state index in [1.165, 1.54) is 22.2 Å². The second kappa shape index (κ2) is 5.71. The molecule has 0 radical (unpaired) electrons. The molecule has 0 amide bonds. The average Bonchev–Trinajstić information content (AvgIpc) is 2.09. The summed E-state index contributed by atoms with van der Waals surface area (Å²) < 4.78 is 1.21. The summed E-state index contributed by atoms with van der Waals surface area (Å²) in [4.78, 5) is 1.35. The van der Waals surface area contributed by atoms with E-state index in [4.69, 9.17) is 0 Å². The fourth-order valence-corrected chi connectivity index (χ4v) is 2.91. The average molecular weight is 259 g/mol. The summed E-state index contributed by atoms with van der Waals surface area (Å²) in [5.41, 5.74) is 0. The van der Waals surface area contributed by atoms with Gasteiger partial charge in [-0.2, -0.15) is 0 Å². The molecule has 2 heteroatoms. The zero-order chi connectivity index (χ0) is 9.68. The smallest absolute Gasteiger partial charge is 0.0311 e. The predicted octanol–water partition coefficient (Wildman–Crippen LogP) is 4.73. The molecule has 0 aliphatic heterocycles. The van der Waals surface area contributed by atoms with Crippen LogP contribution in [0, 0.1) is 0 Å². The molecule has 0 fully saturated rings. The molecule has 72 valence electrons. The third-order valence-electron chi connectivity index (χ3n) is 1.86. The van der Waals surface area contributed by atoms with Crippen LogP contribution in [0.25, 0.3) is 0 Å². The molecule has 0 heterocycles. The zero-order valence-electron chi connectivity index (χ0n) is 8.09. The molecule has 0 saturated heterocycles. The van der Waals surface area contributed by atoms with E-state index in [0.29, 0.717) is 5.25 Å². The van der Waals surface area contributed by atoms with Gasteiger partial charge in [-0.25, -0.2) is 0 Å². The molecule has 1 unspecified atom stereocenters. The second-order valence-corrected chi connectivity index (χ2v) is 5.48. The van der Waals surface area contributed by atoms with Gasteiger partial charge in [-0.05, 0) is 34.5 Å². The topological polar surface area (TPSA) is 0 Å². The van der Waals surface area contributed by atoms with Gasteiger partial charge < -0.3 is 0 Å². The van der Waals surface area contributed by atoms with Crippen LogP contribution in [0.15, 0.2) is 33.6 Å². The molecule has 0 aromatic heterocycles. The van der Waals surface area contributed by atoms with Gasteiger partial charge in [0.05, 0.1) is 0 Å². The Morgan fingerprint density at radius 2 is 2.08 bits per heavy atom. The molecular formula is C11H15BrS. The van der Waals surface area contributed by atoms with Crippen LogP contribution in [0.2, 0.25) is 0 Å². The first-order valence-corrected chi connectivity index (χ1v) is 6.32. The predicted molar refractivity (Wildman–Crippen MR) is 64.4 cm³/mol. The maximum Gasteiger partial charge on any atom is 0.0311 e. The molecule has 0 nitrogen and oxygen atoms in total. The number of benzene rings is 1. The maximum atomic E-state index is 3.56. The van der Waals surface area contributed by atoms with Gasteiger partial charge in [0.2, 0.25) is 0 Å². The minimum Gasteiger partial charge on any atom is -0.122 e. The van der Waals surface area contributed by atoms with E-state index in [9.17, 15) is 0 Å². The van der Waals surface area contributed by atoms with Gasteiger partial charge >= 0.3 is 0 Å². The third-order valence-corrected chi connectivity index (χ3v) is 4.06. The normalized spacial score (nSPS) is 12.8.